The van der Waals surface area contributed by atoms with Crippen LogP contribution in [0.25, 0.3) is 0 Å². The van der Waals surface area contributed by atoms with Gasteiger partial charge in [0.1, 0.15) is 17.1 Å². The molecule has 8 nitrogen and oxygen atoms in total. The van der Waals surface area contributed by atoms with Crippen LogP contribution < -0.4 is 14.5 Å². The highest BCUT2D eigenvalue weighted by Crippen LogP contribution is 2.40. The highest BCUT2D eigenvalue weighted by atomic mass is 16.7. The standard InChI is InChI=1S/C26H25N3O5/c1-32-17-33-26(31)18-5-4-6-20(15-18)34-24-11-12-27-16-21(24)25(30)29-14-13-28(19-9-10-19)22-7-2-3-8-23(22)29/h2-8,11-12,15-16,19H,9-10,13-14,17H2,1H3. The normalized spacial score (nSPS) is 15.0. The van der Waals surface area contributed by atoms with Gasteiger partial charge in [0.15, 0.2) is 6.79 Å². The van der Waals surface area contributed by atoms with E-state index in [9.17, 15) is 9.59 Å². The Kier molecular flexibility index (Phi) is 6.14. The van der Waals surface area contributed by atoms with E-state index in [2.05, 4.69) is 16.0 Å². The van der Waals surface area contributed by atoms with E-state index in [1.54, 1.807) is 41.4 Å². The summed E-state index contributed by atoms with van der Waals surface area (Å²) in [5.41, 5.74) is 2.65. The van der Waals surface area contributed by atoms with E-state index in [1.165, 1.54) is 26.1 Å². The van der Waals surface area contributed by atoms with Crippen molar-refractivity contribution >= 4 is 23.3 Å². The van der Waals surface area contributed by atoms with Gasteiger partial charge < -0.3 is 24.0 Å². The maximum Gasteiger partial charge on any atom is 0.340 e. The van der Waals surface area contributed by atoms with E-state index < -0.39 is 5.97 Å². The van der Waals surface area contributed by atoms with E-state index in [0.717, 1.165) is 17.9 Å². The average molecular weight is 460 g/mol. The number of carbonyl (C=O) groups excluding carboxylic acids is 2. The van der Waals surface area contributed by atoms with Gasteiger partial charge in [-0.15, -0.1) is 0 Å². The molecule has 2 aliphatic rings. The fraction of sp³-hybridized carbons (Fsp3) is 0.269. The van der Waals surface area contributed by atoms with Gasteiger partial charge in [-0.05, 0) is 49.2 Å². The fourth-order valence-electron chi connectivity index (χ4n) is 4.15. The number of rotatable bonds is 7. The number of pyridine rings is 1. The van der Waals surface area contributed by atoms with Gasteiger partial charge in [-0.1, -0.05) is 18.2 Å². The number of fused-ring (bicyclic) bond motifs is 1. The molecule has 0 bridgehead atoms. The first-order valence-corrected chi connectivity index (χ1v) is 11.2. The molecule has 1 saturated carbocycles. The zero-order chi connectivity index (χ0) is 23.5. The molecule has 3 aromatic rings. The first-order valence-electron chi connectivity index (χ1n) is 11.2. The highest BCUT2D eigenvalue weighted by Gasteiger charge is 2.36. The number of carbonyl (C=O) groups is 2. The summed E-state index contributed by atoms with van der Waals surface area (Å²) in [6.07, 6.45) is 5.48. The van der Waals surface area contributed by atoms with Crippen molar-refractivity contribution in [2.24, 2.45) is 0 Å². The molecule has 2 heterocycles. The van der Waals surface area contributed by atoms with Crippen LogP contribution in [0.4, 0.5) is 11.4 Å². The SMILES string of the molecule is COCOC(=O)c1cccc(Oc2ccncc2C(=O)N2CCN(C3CC3)c3ccccc32)c1. The Morgan fingerprint density at radius 2 is 1.85 bits per heavy atom. The minimum Gasteiger partial charge on any atom is -0.456 e. The summed E-state index contributed by atoms with van der Waals surface area (Å²) in [6, 6.07) is 16.8. The summed E-state index contributed by atoms with van der Waals surface area (Å²) < 4.78 is 15.8. The Morgan fingerprint density at radius 1 is 1.03 bits per heavy atom. The third-order valence-electron chi connectivity index (χ3n) is 5.90. The van der Waals surface area contributed by atoms with Crippen LogP contribution >= 0.6 is 0 Å². The van der Waals surface area contributed by atoms with Crippen LogP contribution in [0.3, 0.4) is 0 Å². The first kappa shape index (κ1) is 21.9. The number of esters is 1. The first-order chi connectivity index (χ1) is 16.7. The molecular formula is C26H25N3O5. The molecule has 8 heteroatoms. The highest BCUT2D eigenvalue weighted by molar-refractivity contribution is 6.09. The predicted molar refractivity (Wildman–Crippen MR) is 127 cm³/mol. The molecule has 1 aromatic heterocycles. The maximum atomic E-state index is 13.7. The Hall–Kier alpha value is -3.91. The van der Waals surface area contributed by atoms with Crippen molar-refractivity contribution in [1.82, 2.24) is 4.98 Å². The van der Waals surface area contributed by atoms with Crippen LogP contribution in [0.15, 0.2) is 67.0 Å². The van der Waals surface area contributed by atoms with Crippen LogP contribution in [0.1, 0.15) is 33.6 Å². The summed E-state index contributed by atoms with van der Waals surface area (Å²) in [4.78, 5) is 34.2. The molecule has 0 unspecified atom stereocenters. The Balaban J connectivity index is 1.40. The number of aromatic nitrogens is 1. The minimum atomic E-state index is -0.525. The maximum absolute atomic E-state index is 13.7. The largest absolute Gasteiger partial charge is 0.456 e. The number of nitrogens with zero attached hydrogens (tertiary/aromatic N) is 3. The molecule has 2 aromatic carbocycles. The van der Waals surface area contributed by atoms with Gasteiger partial charge in [-0.2, -0.15) is 0 Å². The van der Waals surface area contributed by atoms with Crippen LogP contribution in [0.2, 0.25) is 0 Å². The summed E-state index contributed by atoms with van der Waals surface area (Å²) in [5, 5.41) is 0. The third kappa shape index (κ3) is 4.45. The van der Waals surface area contributed by atoms with Gasteiger partial charge in [0, 0.05) is 38.6 Å². The minimum absolute atomic E-state index is 0.137. The Morgan fingerprint density at radius 3 is 2.65 bits per heavy atom. The zero-order valence-electron chi connectivity index (χ0n) is 18.8. The summed E-state index contributed by atoms with van der Waals surface area (Å²) in [7, 11) is 1.44. The second kappa shape index (κ2) is 9.52. The van der Waals surface area contributed by atoms with Crippen molar-refractivity contribution in [1.29, 1.82) is 0 Å². The van der Waals surface area contributed by atoms with Gasteiger partial charge in [0.05, 0.1) is 16.9 Å². The third-order valence-corrected chi connectivity index (χ3v) is 5.90. The van der Waals surface area contributed by atoms with E-state index in [4.69, 9.17) is 14.2 Å². The Labute approximate surface area is 197 Å². The second-order valence-electron chi connectivity index (χ2n) is 8.21. The van der Waals surface area contributed by atoms with Gasteiger partial charge in [0.25, 0.3) is 5.91 Å². The van der Waals surface area contributed by atoms with Crippen molar-refractivity contribution in [3.63, 3.8) is 0 Å². The number of hydrogen-bond donors (Lipinski definition) is 0. The van der Waals surface area contributed by atoms with Crippen molar-refractivity contribution in [2.45, 2.75) is 18.9 Å². The number of anilines is 2. The monoisotopic (exact) mass is 459 g/mol. The zero-order valence-corrected chi connectivity index (χ0v) is 18.8. The van der Waals surface area contributed by atoms with Gasteiger partial charge in [-0.25, -0.2) is 4.79 Å². The molecule has 1 fully saturated rings. The molecule has 0 saturated heterocycles. The van der Waals surface area contributed by atoms with Crippen molar-refractivity contribution in [3.05, 3.63) is 78.1 Å². The number of methoxy groups -OCH3 is 1. The molecule has 174 valence electrons. The van der Waals surface area contributed by atoms with E-state index in [1.807, 2.05) is 18.2 Å². The Bertz CT molecular complexity index is 1210. The fourth-order valence-corrected chi connectivity index (χ4v) is 4.15. The predicted octanol–water partition coefficient (Wildman–Crippen LogP) is 4.26. The average Bonchev–Trinajstić information content (AvgIpc) is 3.72. The lowest BCUT2D eigenvalue weighted by atomic mass is 10.1. The number of amides is 1. The molecule has 1 amide bonds. The molecule has 34 heavy (non-hydrogen) atoms. The van der Waals surface area contributed by atoms with E-state index >= 15 is 0 Å². The lowest BCUT2D eigenvalue weighted by molar-refractivity contribution is -0.0125. The molecule has 5 rings (SSSR count). The lowest BCUT2D eigenvalue weighted by Crippen LogP contribution is -2.45. The van der Waals surface area contributed by atoms with Crippen LogP contribution in [-0.4, -0.2) is 49.9 Å². The van der Waals surface area contributed by atoms with Crippen molar-refractivity contribution < 1.29 is 23.8 Å². The molecule has 1 aliphatic carbocycles. The summed E-state index contributed by atoms with van der Waals surface area (Å²) >= 11 is 0. The van der Waals surface area contributed by atoms with Crippen LogP contribution in [0.5, 0.6) is 11.5 Å². The van der Waals surface area contributed by atoms with Crippen molar-refractivity contribution in [2.75, 3.05) is 36.8 Å². The molecule has 1 aliphatic heterocycles. The summed E-state index contributed by atoms with van der Waals surface area (Å²) in [6.45, 7) is 1.24. The lowest BCUT2D eigenvalue weighted by Gasteiger charge is -2.38. The number of para-hydroxylation sites is 2. The molecule has 0 radical (unpaired) electrons. The van der Waals surface area contributed by atoms with Crippen LogP contribution in [0, 0.1) is 0 Å². The van der Waals surface area contributed by atoms with Crippen molar-refractivity contribution in [3.8, 4) is 11.5 Å². The smallest absolute Gasteiger partial charge is 0.340 e. The van der Waals surface area contributed by atoms with Crippen LogP contribution in [-0.2, 0) is 9.47 Å². The molecular weight excluding hydrogens is 434 g/mol. The number of benzene rings is 2. The number of ether oxygens (including phenoxy) is 3. The molecule has 0 atom stereocenters. The van der Waals surface area contributed by atoms with Gasteiger partial charge >= 0.3 is 5.97 Å². The van der Waals surface area contributed by atoms with Gasteiger partial charge in [0.2, 0.25) is 0 Å². The van der Waals surface area contributed by atoms with E-state index in [0.29, 0.717) is 35.2 Å². The van der Waals surface area contributed by atoms with Gasteiger partial charge in [-0.3, -0.25) is 9.78 Å². The number of hydrogen-bond acceptors (Lipinski definition) is 7. The molecule has 0 spiro atoms. The molecule has 0 N–H and O–H groups in total. The second-order valence-corrected chi connectivity index (χ2v) is 8.21. The topological polar surface area (TPSA) is 81.2 Å². The quantitative estimate of drug-likeness (QED) is 0.386. The summed E-state index contributed by atoms with van der Waals surface area (Å²) in [5.74, 6) is 0.0701. The van der Waals surface area contributed by atoms with E-state index in [-0.39, 0.29) is 12.7 Å².